The third kappa shape index (κ3) is 3.84. The smallest absolute Gasteiger partial charge is 0.220 e. The summed E-state index contributed by atoms with van der Waals surface area (Å²) >= 11 is 0. The van der Waals surface area contributed by atoms with Crippen molar-refractivity contribution < 1.29 is 9.18 Å². The SMILES string of the molecule is Cc1[nH]c2c(F)cccc2c1CCNC(=O)CC(C)(C)C. The summed E-state index contributed by atoms with van der Waals surface area (Å²) in [6.07, 6.45) is 1.21. The molecule has 0 fully saturated rings. The molecule has 2 aromatic rings. The minimum absolute atomic E-state index is 0.0100. The predicted octanol–water partition coefficient (Wildman–Crippen LogP) is 3.71. The molecule has 21 heavy (non-hydrogen) atoms. The summed E-state index contributed by atoms with van der Waals surface area (Å²) in [6.45, 7) is 8.63. The number of H-pyrrole nitrogens is 1. The lowest BCUT2D eigenvalue weighted by molar-refractivity contribution is -0.122. The van der Waals surface area contributed by atoms with Crippen LogP contribution < -0.4 is 5.32 Å². The van der Waals surface area contributed by atoms with E-state index in [2.05, 4.69) is 10.3 Å². The molecule has 2 rings (SSSR count). The monoisotopic (exact) mass is 290 g/mol. The van der Waals surface area contributed by atoms with Crippen LogP contribution in [0.25, 0.3) is 10.9 Å². The molecular formula is C17H23FN2O. The van der Waals surface area contributed by atoms with Crippen molar-refractivity contribution in [3.63, 3.8) is 0 Å². The van der Waals surface area contributed by atoms with Crippen molar-refractivity contribution in [2.45, 2.75) is 40.5 Å². The molecule has 0 atom stereocenters. The fourth-order valence-electron chi connectivity index (χ4n) is 2.56. The van der Waals surface area contributed by atoms with Crippen LogP contribution in [0, 0.1) is 18.2 Å². The van der Waals surface area contributed by atoms with Crippen molar-refractivity contribution in [2.75, 3.05) is 6.54 Å². The molecule has 1 aromatic carbocycles. The molecule has 1 amide bonds. The van der Waals surface area contributed by atoms with Crippen LogP contribution in [-0.4, -0.2) is 17.4 Å². The van der Waals surface area contributed by atoms with Crippen molar-refractivity contribution in [3.8, 4) is 0 Å². The highest BCUT2D eigenvalue weighted by molar-refractivity contribution is 5.85. The highest BCUT2D eigenvalue weighted by Crippen LogP contribution is 2.24. The highest BCUT2D eigenvalue weighted by Gasteiger charge is 2.16. The van der Waals surface area contributed by atoms with E-state index in [1.165, 1.54) is 6.07 Å². The number of para-hydroxylation sites is 1. The van der Waals surface area contributed by atoms with Crippen LogP contribution in [0.5, 0.6) is 0 Å². The lowest BCUT2D eigenvalue weighted by Crippen LogP contribution is -2.29. The Morgan fingerprint density at radius 1 is 1.33 bits per heavy atom. The second kappa shape index (κ2) is 5.88. The lowest BCUT2D eigenvalue weighted by atomic mass is 9.92. The zero-order valence-electron chi connectivity index (χ0n) is 13.1. The summed E-state index contributed by atoms with van der Waals surface area (Å²) in [5.41, 5.74) is 2.57. The van der Waals surface area contributed by atoms with Gasteiger partial charge in [-0.05, 0) is 30.4 Å². The number of nitrogens with one attached hydrogen (secondary N) is 2. The molecule has 114 valence electrons. The minimum Gasteiger partial charge on any atom is -0.356 e. The maximum atomic E-state index is 13.7. The quantitative estimate of drug-likeness (QED) is 0.886. The van der Waals surface area contributed by atoms with Crippen molar-refractivity contribution in [1.82, 2.24) is 10.3 Å². The van der Waals surface area contributed by atoms with Gasteiger partial charge in [-0.25, -0.2) is 4.39 Å². The Labute approximate surface area is 124 Å². The normalized spacial score (nSPS) is 11.9. The van der Waals surface area contributed by atoms with E-state index in [1.54, 1.807) is 6.07 Å². The molecular weight excluding hydrogens is 267 g/mol. The van der Waals surface area contributed by atoms with Crippen LogP contribution in [0.3, 0.4) is 0 Å². The number of carbonyl (C=O) groups is 1. The molecule has 0 aliphatic carbocycles. The molecule has 4 heteroatoms. The Bertz CT molecular complexity index is 653. The van der Waals surface area contributed by atoms with E-state index >= 15 is 0 Å². The number of amides is 1. The van der Waals surface area contributed by atoms with Gasteiger partial charge in [0.05, 0.1) is 5.52 Å². The molecule has 0 unspecified atom stereocenters. The summed E-state index contributed by atoms with van der Waals surface area (Å²) in [6, 6.07) is 5.08. The Morgan fingerprint density at radius 3 is 2.71 bits per heavy atom. The topological polar surface area (TPSA) is 44.9 Å². The fraction of sp³-hybridized carbons (Fsp3) is 0.471. The number of halogens is 1. The van der Waals surface area contributed by atoms with Gasteiger partial charge in [-0.3, -0.25) is 4.79 Å². The van der Waals surface area contributed by atoms with Crippen LogP contribution in [-0.2, 0) is 11.2 Å². The number of rotatable bonds is 4. The fourth-order valence-corrected chi connectivity index (χ4v) is 2.56. The highest BCUT2D eigenvalue weighted by atomic mass is 19.1. The zero-order chi connectivity index (χ0) is 15.6. The first-order valence-corrected chi connectivity index (χ1v) is 7.30. The van der Waals surface area contributed by atoms with Crippen molar-refractivity contribution in [3.05, 3.63) is 35.3 Å². The maximum Gasteiger partial charge on any atom is 0.220 e. The predicted molar refractivity (Wildman–Crippen MR) is 83.8 cm³/mol. The second-order valence-electron chi connectivity index (χ2n) is 6.73. The van der Waals surface area contributed by atoms with E-state index in [0.29, 0.717) is 24.9 Å². The summed E-state index contributed by atoms with van der Waals surface area (Å²) < 4.78 is 13.7. The molecule has 1 aromatic heterocycles. The molecule has 0 aliphatic rings. The largest absolute Gasteiger partial charge is 0.356 e. The van der Waals surface area contributed by atoms with Crippen LogP contribution in [0.1, 0.15) is 38.4 Å². The van der Waals surface area contributed by atoms with Crippen molar-refractivity contribution in [1.29, 1.82) is 0 Å². The molecule has 0 saturated carbocycles. The van der Waals surface area contributed by atoms with E-state index in [4.69, 9.17) is 0 Å². The number of aromatic nitrogens is 1. The molecule has 0 radical (unpaired) electrons. The standard InChI is InChI=1S/C17H23FN2O/c1-11-12(8-9-19-15(21)10-17(2,3)4)13-6-5-7-14(18)16(13)20-11/h5-7,20H,8-10H2,1-4H3,(H,19,21). The van der Waals surface area contributed by atoms with Gasteiger partial charge in [0.1, 0.15) is 5.82 Å². The Kier molecular flexibility index (Phi) is 4.35. The third-order valence-corrected chi connectivity index (χ3v) is 3.49. The molecule has 0 aliphatic heterocycles. The third-order valence-electron chi connectivity index (χ3n) is 3.49. The maximum absolute atomic E-state index is 13.7. The molecule has 2 N–H and O–H groups in total. The summed E-state index contributed by atoms with van der Waals surface area (Å²) in [7, 11) is 0. The number of hydrogen-bond donors (Lipinski definition) is 2. The summed E-state index contributed by atoms with van der Waals surface area (Å²) in [5.74, 6) is -0.176. The van der Waals surface area contributed by atoms with Gasteiger partial charge in [-0.2, -0.15) is 0 Å². The van der Waals surface area contributed by atoms with E-state index in [-0.39, 0.29) is 17.1 Å². The Hall–Kier alpha value is -1.84. The molecule has 3 nitrogen and oxygen atoms in total. The summed E-state index contributed by atoms with van der Waals surface area (Å²) in [4.78, 5) is 14.9. The first-order valence-electron chi connectivity index (χ1n) is 7.30. The molecule has 0 bridgehead atoms. The average molecular weight is 290 g/mol. The second-order valence-corrected chi connectivity index (χ2v) is 6.73. The zero-order valence-corrected chi connectivity index (χ0v) is 13.1. The number of aromatic amines is 1. The van der Waals surface area contributed by atoms with E-state index in [9.17, 15) is 9.18 Å². The van der Waals surface area contributed by atoms with Crippen LogP contribution in [0.15, 0.2) is 18.2 Å². The van der Waals surface area contributed by atoms with Gasteiger partial charge in [0.25, 0.3) is 0 Å². The molecule has 0 spiro atoms. The van der Waals surface area contributed by atoms with Gasteiger partial charge in [-0.15, -0.1) is 0 Å². The van der Waals surface area contributed by atoms with E-state index in [0.717, 1.165) is 16.6 Å². The van der Waals surface area contributed by atoms with Gasteiger partial charge < -0.3 is 10.3 Å². The van der Waals surface area contributed by atoms with Gasteiger partial charge >= 0.3 is 0 Å². The van der Waals surface area contributed by atoms with Crippen LogP contribution in [0.2, 0.25) is 0 Å². The number of benzene rings is 1. The first kappa shape index (κ1) is 15.5. The molecule has 0 saturated heterocycles. The van der Waals surface area contributed by atoms with Crippen molar-refractivity contribution >= 4 is 16.8 Å². The van der Waals surface area contributed by atoms with Gasteiger partial charge in [0.15, 0.2) is 0 Å². The van der Waals surface area contributed by atoms with Gasteiger partial charge in [0, 0.05) is 24.0 Å². The van der Waals surface area contributed by atoms with Crippen molar-refractivity contribution in [2.24, 2.45) is 5.41 Å². The van der Waals surface area contributed by atoms with E-state index < -0.39 is 0 Å². The van der Waals surface area contributed by atoms with Crippen LogP contribution >= 0.6 is 0 Å². The Balaban J connectivity index is 2.03. The number of hydrogen-bond acceptors (Lipinski definition) is 1. The average Bonchev–Trinajstić information content (AvgIpc) is 2.66. The van der Waals surface area contributed by atoms with Gasteiger partial charge in [-0.1, -0.05) is 32.9 Å². The number of fused-ring (bicyclic) bond motifs is 1. The number of carbonyl (C=O) groups excluding carboxylic acids is 1. The van der Waals surface area contributed by atoms with E-state index in [1.807, 2.05) is 33.8 Å². The number of aryl methyl sites for hydroxylation is 1. The van der Waals surface area contributed by atoms with Crippen LogP contribution in [0.4, 0.5) is 4.39 Å². The molecule has 1 heterocycles. The first-order chi connectivity index (χ1) is 9.78. The Morgan fingerprint density at radius 2 is 2.05 bits per heavy atom. The van der Waals surface area contributed by atoms with Gasteiger partial charge in [0.2, 0.25) is 5.91 Å². The summed E-state index contributed by atoms with van der Waals surface area (Å²) in [5, 5.41) is 3.84. The lowest BCUT2D eigenvalue weighted by Gasteiger charge is -2.17. The minimum atomic E-state index is -0.237.